The minimum atomic E-state index is -0.753. The van der Waals surface area contributed by atoms with Crippen molar-refractivity contribution in [3.63, 3.8) is 0 Å². The minimum Gasteiger partial charge on any atom is -0.481 e. The number of halogens is 2. The molecule has 26 heavy (non-hydrogen) atoms. The first-order valence-electron chi connectivity index (χ1n) is 8.02. The summed E-state index contributed by atoms with van der Waals surface area (Å²) in [6.07, 6.45) is -0.753. The van der Waals surface area contributed by atoms with Crippen LogP contribution < -0.4 is 10.1 Å². The van der Waals surface area contributed by atoms with Gasteiger partial charge in [0.25, 0.3) is 5.91 Å². The highest BCUT2D eigenvalue weighted by Crippen LogP contribution is 2.23. The van der Waals surface area contributed by atoms with Crippen LogP contribution in [0.4, 0.5) is 5.69 Å². The first kappa shape index (κ1) is 20.1. The Morgan fingerprint density at radius 1 is 1.12 bits per heavy atom. The highest BCUT2D eigenvalue weighted by Gasteiger charge is 2.17. The first-order chi connectivity index (χ1) is 12.3. The summed E-state index contributed by atoms with van der Waals surface area (Å²) in [6, 6.07) is 9.76. The zero-order valence-corrected chi connectivity index (χ0v) is 16.1. The fourth-order valence-corrected chi connectivity index (χ4v) is 2.47. The van der Waals surface area contributed by atoms with Crippen LogP contribution in [-0.4, -0.2) is 24.6 Å². The lowest BCUT2D eigenvalue weighted by atomic mass is 10.2. The van der Waals surface area contributed by atoms with Gasteiger partial charge in [-0.25, -0.2) is 4.79 Å². The van der Waals surface area contributed by atoms with Gasteiger partial charge in [-0.1, -0.05) is 23.2 Å². The number of anilines is 1. The molecule has 0 saturated carbocycles. The molecule has 0 aliphatic heterocycles. The smallest absolute Gasteiger partial charge is 0.339 e. The van der Waals surface area contributed by atoms with Crippen molar-refractivity contribution in [2.45, 2.75) is 26.9 Å². The third-order valence-electron chi connectivity index (χ3n) is 3.54. The average molecular weight is 396 g/mol. The molecule has 138 valence electrons. The van der Waals surface area contributed by atoms with Crippen LogP contribution in [0.25, 0.3) is 0 Å². The normalized spacial score (nSPS) is 11.6. The number of hydrogen-bond donors (Lipinski definition) is 1. The summed E-state index contributed by atoms with van der Waals surface area (Å²) in [7, 11) is 0. The lowest BCUT2D eigenvalue weighted by Crippen LogP contribution is -2.30. The van der Waals surface area contributed by atoms with Gasteiger partial charge in [0.15, 0.2) is 6.10 Å². The van der Waals surface area contributed by atoms with Gasteiger partial charge in [0.05, 0.1) is 17.2 Å². The maximum Gasteiger partial charge on any atom is 0.339 e. The molecule has 2 aromatic rings. The van der Waals surface area contributed by atoms with E-state index in [0.29, 0.717) is 16.5 Å². The second-order valence-electron chi connectivity index (χ2n) is 5.58. The van der Waals surface area contributed by atoms with Crippen molar-refractivity contribution in [2.24, 2.45) is 0 Å². The van der Waals surface area contributed by atoms with Gasteiger partial charge >= 0.3 is 5.97 Å². The summed E-state index contributed by atoms with van der Waals surface area (Å²) in [5.41, 5.74) is 1.46. The summed E-state index contributed by atoms with van der Waals surface area (Å²) < 4.78 is 10.6. The van der Waals surface area contributed by atoms with Gasteiger partial charge in [-0.2, -0.15) is 0 Å². The molecule has 1 N–H and O–H groups in total. The fourth-order valence-electron chi connectivity index (χ4n) is 2.16. The molecule has 0 unspecified atom stereocenters. The van der Waals surface area contributed by atoms with E-state index >= 15 is 0 Å². The van der Waals surface area contributed by atoms with Gasteiger partial charge in [-0.3, -0.25) is 4.79 Å². The molecule has 1 atom stereocenters. The molecule has 0 fully saturated rings. The summed E-state index contributed by atoms with van der Waals surface area (Å²) in [5.74, 6) is -0.373. The molecular weight excluding hydrogens is 377 g/mol. The maximum absolute atomic E-state index is 12.3. The van der Waals surface area contributed by atoms with Crippen LogP contribution in [0.1, 0.15) is 29.8 Å². The second-order valence-corrected chi connectivity index (χ2v) is 6.39. The van der Waals surface area contributed by atoms with Crippen molar-refractivity contribution in [3.8, 4) is 5.75 Å². The van der Waals surface area contributed by atoms with Crippen LogP contribution in [0.2, 0.25) is 10.0 Å². The van der Waals surface area contributed by atoms with Crippen LogP contribution in [-0.2, 0) is 9.53 Å². The minimum absolute atomic E-state index is 0.188. The number of ether oxygens (including phenoxy) is 2. The van der Waals surface area contributed by atoms with Crippen LogP contribution in [0.15, 0.2) is 36.4 Å². The molecular formula is C19H19Cl2NO4. The third kappa shape index (κ3) is 5.13. The summed E-state index contributed by atoms with van der Waals surface area (Å²) in [4.78, 5) is 24.2. The highest BCUT2D eigenvalue weighted by atomic mass is 35.5. The van der Waals surface area contributed by atoms with Gasteiger partial charge in [0.2, 0.25) is 0 Å². The molecule has 5 nitrogen and oxygen atoms in total. The van der Waals surface area contributed by atoms with Gasteiger partial charge in [0.1, 0.15) is 5.75 Å². The molecule has 0 bridgehead atoms. The Balaban J connectivity index is 2.07. The van der Waals surface area contributed by atoms with Crippen molar-refractivity contribution in [2.75, 3.05) is 11.9 Å². The number of aryl methyl sites for hydroxylation is 1. The molecule has 0 spiro atoms. The topological polar surface area (TPSA) is 64.6 Å². The maximum atomic E-state index is 12.3. The summed E-state index contributed by atoms with van der Waals surface area (Å²) >= 11 is 12.0. The van der Waals surface area contributed by atoms with Crippen molar-refractivity contribution < 1.29 is 19.1 Å². The molecule has 1 amide bonds. The molecule has 0 saturated heterocycles. The highest BCUT2D eigenvalue weighted by molar-refractivity contribution is 6.33. The van der Waals surface area contributed by atoms with Crippen molar-refractivity contribution in [1.29, 1.82) is 0 Å². The van der Waals surface area contributed by atoms with E-state index in [0.717, 1.165) is 5.56 Å². The number of carbonyl (C=O) groups is 2. The zero-order valence-electron chi connectivity index (χ0n) is 14.6. The van der Waals surface area contributed by atoms with E-state index in [1.165, 1.54) is 12.1 Å². The SMILES string of the molecule is CCOC(=O)c1cc(NC(=O)[C@H](C)Oc2ccc(Cl)c(C)c2)ccc1Cl. The van der Waals surface area contributed by atoms with Gasteiger partial charge < -0.3 is 14.8 Å². The Morgan fingerprint density at radius 3 is 2.46 bits per heavy atom. The Kier molecular flexibility index (Phi) is 6.89. The van der Waals surface area contributed by atoms with Crippen LogP contribution in [0.3, 0.4) is 0 Å². The second kappa shape index (κ2) is 8.92. The lowest BCUT2D eigenvalue weighted by Gasteiger charge is -2.16. The van der Waals surface area contributed by atoms with E-state index in [-0.39, 0.29) is 23.1 Å². The van der Waals surface area contributed by atoms with Crippen LogP contribution in [0.5, 0.6) is 5.75 Å². The lowest BCUT2D eigenvalue weighted by molar-refractivity contribution is -0.122. The Hall–Kier alpha value is -2.24. The van der Waals surface area contributed by atoms with E-state index in [4.69, 9.17) is 32.7 Å². The molecule has 0 radical (unpaired) electrons. The van der Waals surface area contributed by atoms with Crippen molar-refractivity contribution in [3.05, 3.63) is 57.6 Å². The van der Waals surface area contributed by atoms with Gasteiger partial charge in [-0.15, -0.1) is 0 Å². The largest absolute Gasteiger partial charge is 0.481 e. The van der Waals surface area contributed by atoms with Gasteiger partial charge in [-0.05, 0) is 62.7 Å². The summed E-state index contributed by atoms with van der Waals surface area (Å²) in [5, 5.41) is 3.58. The molecule has 0 aliphatic rings. The van der Waals surface area contributed by atoms with E-state index < -0.39 is 12.1 Å². The van der Waals surface area contributed by atoms with Gasteiger partial charge in [0, 0.05) is 10.7 Å². The number of carbonyl (C=O) groups excluding carboxylic acids is 2. The Labute approximate surface area is 162 Å². The predicted molar refractivity (Wildman–Crippen MR) is 102 cm³/mol. The average Bonchev–Trinajstić information content (AvgIpc) is 2.60. The molecule has 0 aromatic heterocycles. The number of amides is 1. The quantitative estimate of drug-likeness (QED) is 0.707. The number of hydrogen-bond acceptors (Lipinski definition) is 4. The standard InChI is InChI=1S/C19H19Cl2NO4/c1-4-25-19(24)15-10-13(5-7-17(15)21)22-18(23)12(3)26-14-6-8-16(20)11(2)9-14/h5-10,12H,4H2,1-3H3,(H,22,23)/t12-/m0/s1. The number of rotatable bonds is 6. The van der Waals surface area contributed by atoms with E-state index in [9.17, 15) is 9.59 Å². The van der Waals surface area contributed by atoms with E-state index in [1.807, 2.05) is 6.92 Å². The van der Waals surface area contributed by atoms with Crippen molar-refractivity contribution in [1.82, 2.24) is 0 Å². The van der Waals surface area contributed by atoms with Crippen LogP contribution in [0, 0.1) is 6.92 Å². The molecule has 0 aliphatic carbocycles. The van der Waals surface area contributed by atoms with Crippen LogP contribution >= 0.6 is 23.2 Å². The fraction of sp³-hybridized carbons (Fsp3) is 0.263. The molecule has 0 heterocycles. The number of benzene rings is 2. The molecule has 2 rings (SSSR count). The Bertz CT molecular complexity index is 823. The predicted octanol–water partition coefficient (Wildman–Crippen LogP) is 4.88. The van der Waals surface area contributed by atoms with Crippen molar-refractivity contribution >= 4 is 40.8 Å². The molecule has 2 aromatic carbocycles. The monoisotopic (exact) mass is 395 g/mol. The molecule has 7 heteroatoms. The Morgan fingerprint density at radius 2 is 1.81 bits per heavy atom. The summed E-state index contributed by atoms with van der Waals surface area (Å²) in [6.45, 7) is 5.41. The zero-order chi connectivity index (χ0) is 19.3. The third-order valence-corrected chi connectivity index (χ3v) is 4.29. The number of nitrogens with one attached hydrogen (secondary N) is 1. The van der Waals surface area contributed by atoms with E-state index in [1.54, 1.807) is 38.1 Å². The number of esters is 1. The first-order valence-corrected chi connectivity index (χ1v) is 8.77. The van der Waals surface area contributed by atoms with E-state index in [2.05, 4.69) is 5.32 Å².